The van der Waals surface area contributed by atoms with Gasteiger partial charge < -0.3 is 0 Å². The lowest BCUT2D eigenvalue weighted by Crippen LogP contribution is -1.85. The van der Waals surface area contributed by atoms with Gasteiger partial charge in [0.05, 0.1) is 11.3 Å². The maximum absolute atomic E-state index is 9.58. The van der Waals surface area contributed by atoms with Gasteiger partial charge in [0.15, 0.2) is 0 Å². The lowest BCUT2D eigenvalue weighted by Gasteiger charge is -2.00. The fourth-order valence-corrected chi connectivity index (χ4v) is 3.65. The number of nitriles is 1. The van der Waals surface area contributed by atoms with Gasteiger partial charge in [-0.1, -0.05) is 54.4 Å². The molecule has 0 saturated heterocycles. The molecule has 0 N–H and O–H groups in total. The van der Waals surface area contributed by atoms with Crippen molar-refractivity contribution in [1.29, 1.82) is 5.26 Å². The molecular weight excluding hydrogens is 371 g/mol. The summed E-state index contributed by atoms with van der Waals surface area (Å²) in [6.07, 6.45) is 2.69. The van der Waals surface area contributed by atoms with E-state index in [2.05, 4.69) is 13.0 Å². The second-order valence-electron chi connectivity index (χ2n) is 5.37. The van der Waals surface area contributed by atoms with E-state index in [1.54, 1.807) is 23.5 Å². The van der Waals surface area contributed by atoms with Crippen molar-refractivity contribution in [3.05, 3.63) is 74.0 Å². The Labute approximate surface area is 161 Å². The van der Waals surface area contributed by atoms with E-state index in [-0.39, 0.29) is 0 Å². The molecule has 0 amide bonds. The van der Waals surface area contributed by atoms with Gasteiger partial charge in [-0.15, -0.1) is 11.3 Å². The third-order valence-electron chi connectivity index (χ3n) is 3.67. The Morgan fingerprint density at radius 2 is 1.68 bits per heavy atom. The molecule has 2 aromatic carbocycles. The Morgan fingerprint density at radius 1 is 1.08 bits per heavy atom. The number of aromatic nitrogens is 1. The summed E-state index contributed by atoms with van der Waals surface area (Å²) in [5.41, 5.74) is 3.38. The number of aryl methyl sites for hydroxylation is 1. The lowest BCUT2D eigenvalue weighted by molar-refractivity contribution is 1.17. The molecule has 25 heavy (non-hydrogen) atoms. The average molecular weight is 385 g/mol. The number of hydrogen-bond donors (Lipinski definition) is 0. The van der Waals surface area contributed by atoms with Crippen molar-refractivity contribution in [3.63, 3.8) is 0 Å². The molecule has 5 heteroatoms. The van der Waals surface area contributed by atoms with Crippen LogP contribution in [0.4, 0.5) is 0 Å². The topological polar surface area (TPSA) is 36.7 Å². The Kier molecular flexibility index (Phi) is 5.55. The molecule has 0 bridgehead atoms. The van der Waals surface area contributed by atoms with Crippen molar-refractivity contribution in [2.45, 2.75) is 13.3 Å². The zero-order chi connectivity index (χ0) is 17.8. The Hall–Kier alpha value is -2.12. The zero-order valence-corrected chi connectivity index (χ0v) is 15.8. The van der Waals surface area contributed by atoms with Crippen LogP contribution < -0.4 is 0 Å². The summed E-state index contributed by atoms with van der Waals surface area (Å²) in [6.45, 7) is 2.09. The highest BCUT2D eigenvalue weighted by Crippen LogP contribution is 2.33. The van der Waals surface area contributed by atoms with Crippen molar-refractivity contribution in [2.75, 3.05) is 0 Å². The van der Waals surface area contributed by atoms with Gasteiger partial charge in [-0.3, -0.25) is 0 Å². The first kappa shape index (κ1) is 17.7. The number of benzene rings is 2. The summed E-state index contributed by atoms with van der Waals surface area (Å²) in [5, 5.41) is 11.7. The smallest absolute Gasteiger partial charge is 0.134 e. The second kappa shape index (κ2) is 7.84. The lowest BCUT2D eigenvalue weighted by atomic mass is 10.1. The fraction of sp³-hybridized carbons (Fsp3) is 0.100. The molecule has 0 fully saturated rings. The highest BCUT2D eigenvalue weighted by molar-refractivity contribution is 7.13. The zero-order valence-electron chi connectivity index (χ0n) is 13.5. The van der Waals surface area contributed by atoms with Gasteiger partial charge >= 0.3 is 0 Å². The van der Waals surface area contributed by atoms with Crippen molar-refractivity contribution in [1.82, 2.24) is 4.98 Å². The van der Waals surface area contributed by atoms with Crippen LogP contribution in [0.5, 0.6) is 0 Å². The minimum atomic E-state index is 0.544. The first-order valence-electron chi connectivity index (χ1n) is 7.74. The highest BCUT2D eigenvalue weighted by Gasteiger charge is 2.15. The molecule has 0 aliphatic heterocycles. The van der Waals surface area contributed by atoms with Crippen molar-refractivity contribution < 1.29 is 0 Å². The standard InChI is InChI=1S/C20H14Cl2N2S/c1-2-18-19(14-5-9-17(22)10-6-14)24-20(25-18)15(12-23)11-13-3-7-16(21)8-4-13/h3-11H,2H2,1H3/b15-11+. The Balaban J connectivity index is 2.03. The number of hydrogen-bond acceptors (Lipinski definition) is 3. The number of halogens is 2. The Bertz CT molecular complexity index is 949. The molecule has 0 spiro atoms. The fourth-order valence-electron chi connectivity index (χ4n) is 2.41. The first-order chi connectivity index (χ1) is 12.1. The molecule has 0 saturated carbocycles. The van der Waals surface area contributed by atoms with Gasteiger partial charge in [0.2, 0.25) is 0 Å². The number of allylic oxidation sites excluding steroid dienone is 1. The molecule has 3 rings (SSSR count). The number of rotatable bonds is 4. The summed E-state index contributed by atoms with van der Waals surface area (Å²) in [6, 6.07) is 17.3. The van der Waals surface area contributed by atoms with Crippen LogP contribution >= 0.6 is 34.5 Å². The monoisotopic (exact) mass is 384 g/mol. The van der Waals surface area contributed by atoms with Crippen molar-refractivity contribution in [2.24, 2.45) is 0 Å². The average Bonchev–Trinajstić information content (AvgIpc) is 3.06. The van der Waals surface area contributed by atoms with Crippen molar-refractivity contribution >= 4 is 46.2 Å². The van der Waals surface area contributed by atoms with Crippen LogP contribution in [0.25, 0.3) is 22.9 Å². The molecule has 2 nitrogen and oxygen atoms in total. The predicted octanol–water partition coefficient (Wildman–Crippen LogP) is 6.74. The maximum atomic E-state index is 9.58. The van der Waals surface area contributed by atoms with Gasteiger partial charge in [-0.05, 0) is 42.3 Å². The van der Waals surface area contributed by atoms with Crippen LogP contribution in [0.15, 0.2) is 48.5 Å². The third-order valence-corrected chi connectivity index (χ3v) is 5.40. The van der Waals surface area contributed by atoms with E-state index in [4.69, 9.17) is 28.2 Å². The predicted molar refractivity (Wildman–Crippen MR) is 107 cm³/mol. The van der Waals surface area contributed by atoms with E-state index in [9.17, 15) is 5.26 Å². The van der Waals surface area contributed by atoms with Gasteiger partial charge in [0.1, 0.15) is 11.1 Å². The largest absolute Gasteiger partial charge is 0.235 e. The molecule has 3 aromatic rings. The van der Waals surface area contributed by atoms with E-state index in [0.717, 1.165) is 33.1 Å². The normalized spacial score (nSPS) is 11.4. The third kappa shape index (κ3) is 4.11. The van der Waals surface area contributed by atoms with Gasteiger partial charge in [0.25, 0.3) is 0 Å². The van der Waals surface area contributed by atoms with E-state index >= 15 is 0 Å². The van der Waals surface area contributed by atoms with Crippen LogP contribution in [0.3, 0.4) is 0 Å². The minimum absolute atomic E-state index is 0.544. The molecule has 0 atom stereocenters. The molecule has 0 unspecified atom stereocenters. The van der Waals surface area contributed by atoms with Crippen LogP contribution in [0.1, 0.15) is 22.4 Å². The summed E-state index contributed by atoms with van der Waals surface area (Å²) >= 11 is 13.4. The van der Waals surface area contributed by atoms with Crippen molar-refractivity contribution in [3.8, 4) is 17.3 Å². The molecule has 0 radical (unpaired) electrons. The molecule has 124 valence electrons. The minimum Gasteiger partial charge on any atom is -0.235 e. The van der Waals surface area contributed by atoms with Gasteiger partial charge in [0, 0.05) is 20.5 Å². The second-order valence-corrected chi connectivity index (χ2v) is 7.33. The van der Waals surface area contributed by atoms with E-state index in [1.165, 1.54) is 0 Å². The first-order valence-corrected chi connectivity index (χ1v) is 9.31. The van der Waals surface area contributed by atoms with E-state index in [1.807, 2.05) is 42.5 Å². The SMILES string of the molecule is CCc1sc(/C(C#N)=C/c2ccc(Cl)cc2)nc1-c1ccc(Cl)cc1. The highest BCUT2D eigenvalue weighted by atomic mass is 35.5. The molecule has 1 aromatic heterocycles. The van der Waals surface area contributed by atoms with Crippen LogP contribution in [-0.4, -0.2) is 4.98 Å². The number of thiazole rings is 1. The summed E-state index contributed by atoms with van der Waals surface area (Å²) < 4.78 is 0. The molecule has 0 aliphatic carbocycles. The quantitative estimate of drug-likeness (QED) is 0.466. The summed E-state index contributed by atoms with van der Waals surface area (Å²) in [5.74, 6) is 0. The molecular formula is C20H14Cl2N2S. The molecule has 1 heterocycles. The molecule has 0 aliphatic rings. The van der Waals surface area contributed by atoms with E-state index < -0.39 is 0 Å². The van der Waals surface area contributed by atoms with E-state index in [0.29, 0.717) is 15.6 Å². The summed E-state index contributed by atoms with van der Waals surface area (Å²) in [7, 11) is 0. The van der Waals surface area contributed by atoms with Gasteiger partial charge in [-0.2, -0.15) is 5.26 Å². The van der Waals surface area contributed by atoms with Crippen LogP contribution in [0.2, 0.25) is 10.0 Å². The van der Waals surface area contributed by atoms with Crippen LogP contribution in [-0.2, 0) is 6.42 Å². The number of nitrogens with zero attached hydrogens (tertiary/aromatic N) is 2. The van der Waals surface area contributed by atoms with Crippen LogP contribution in [0, 0.1) is 11.3 Å². The summed E-state index contributed by atoms with van der Waals surface area (Å²) in [4.78, 5) is 5.87. The Morgan fingerprint density at radius 3 is 2.24 bits per heavy atom. The maximum Gasteiger partial charge on any atom is 0.134 e. The van der Waals surface area contributed by atoms with Gasteiger partial charge in [-0.25, -0.2) is 4.98 Å².